The van der Waals surface area contributed by atoms with Crippen LogP contribution in [0.4, 0.5) is 11.5 Å². The van der Waals surface area contributed by atoms with Crippen LogP contribution in [0.3, 0.4) is 0 Å². The molecule has 1 saturated heterocycles. The maximum atomic E-state index is 6.14. The van der Waals surface area contributed by atoms with E-state index in [2.05, 4.69) is 98.0 Å². The molecule has 0 radical (unpaired) electrons. The highest BCUT2D eigenvalue weighted by atomic mass is 16.5. The van der Waals surface area contributed by atoms with E-state index in [1.165, 1.54) is 37.0 Å². The predicted molar refractivity (Wildman–Crippen MR) is 163 cm³/mol. The zero-order valence-corrected chi connectivity index (χ0v) is 24.8. The highest BCUT2D eigenvalue weighted by molar-refractivity contribution is 5.85. The SMILES string of the molecule is C=C(Nc1cccc(Oc2ncnc3cc(C)c(CC)cc23)c1)Nc1cc(C(C)(C)C)on1.C[C@H]1CCN(C)C1. The Morgan fingerprint density at radius 3 is 2.58 bits per heavy atom. The van der Waals surface area contributed by atoms with Gasteiger partial charge in [-0.15, -0.1) is 0 Å². The van der Waals surface area contributed by atoms with Gasteiger partial charge in [-0.25, -0.2) is 9.97 Å². The molecule has 5 rings (SSSR count). The molecule has 8 heteroatoms. The van der Waals surface area contributed by atoms with E-state index in [1.807, 2.05) is 30.3 Å². The number of hydrogen-bond donors (Lipinski definition) is 2. The quantitative estimate of drug-likeness (QED) is 0.248. The van der Waals surface area contributed by atoms with E-state index in [4.69, 9.17) is 9.26 Å². The summed E-state index contributed by atoms with van der Waals surface area (Å²) in [6.45, 7) is 19.4. The minimum absolute atomic E-state index is 0.116. The van der Waals surface area contributed by atoms with Gasteiger partial charge in [0.2, 0.25) is 5.88 Å². The molecule has 0 spiro atoms. The molecule has 2 N–H and O–H groups in total. The van der Waals surface area contributed by atoms with Crippen LogP contribution >= 0.6 is 0 Å². The summed E-state index contributed by atoms with van der Waals surface area (Å²) in [5, 5.41) is 11.3. The number of fused-ring (bicyclic) bond motifs is 1. The molecule has 0 amide bonds. The Balaban J connectivity index is 0.000000461. The van der Waals surface area contributed by atoms with E-state index < -0.39 is 0 Å². The number of nitrogens with one attached hydrogen (secondary N) is 2. The zero-order chi connectivity index (χ0) is 28.9. The standard InChI is InChI=1S/C26H29N5O2.C6H13N/c1-7-18-12-21-22(11-16(18)2)27-15-28-25(21)32-20-10-8-9-19(13-20)29-17(3)30-24-14-23(33-31-24)26(4,5)6;1-6-3-4-7(2)5-6/h8-15,29H,3,7H2,1-2,4-6H3,(H,30,31);6H,3-5H2,1-2H3/t;6-/m.0/s1. The lowest BCUT2D eigenvalue weighted by molar-refractivity contribution is 0.331. The normalized spacial score (nSPS) is 15.4. The van der Waals surface area contributed by atoms with E-state index in [9.17, 15) is 0 Å². The Bertz CT molecular complexity index is 1450. The van der Waals surface area contributed by atoms with Gasteiger partial charge in [0, 0.05) is 29.8 Å². The lowest BCUT2D eigenvalue weighted by atomic mass is 9.93. The Morgan fingerprint density at radius 1 is 1.15 bits per heavy atom. The third-order valence-electron chi connectivity index (χ3n) is 6.94. The number of aryl methyl sites for hydroxylation is 2. The summed E-state index contributed by atoms with van der Waals surface area (Å²) in [4.78, 5) is 11.1. The smallest absolute Gasteiger partial charge is 0.230 e. The van der Waals surface area contributed by atoms with Gasteiger partial charge in [0.05, 0.1) is 10.9 Å². The van der Waals surface area contributed by atoms with E-state index in [1.54, 1.807) is 0 Å². The van der Waals surface area contributed by atoms with Crippen molar-refractivity contribution in [3.63, 3.8) is 0 Å². The second kappa shape index (κ2) is 12.5. The summed E-state index contributed by atoms with van der Waals surface area (Å²) in [5.74, 6) is 4.09. The third-order valence-corrected chi connectivity index (χ3v) is 6.94. The molecule has 40 heavy (non-hydrogen) atoms. The van der Waals surface area contributed by atoms with Crippen molar-refractivity contribution in [1.29, 1.82) is 0 Å². The van der Waals surface area contributed by atoms with Crippen molar-refractivity contribution >= 4 is 22.4 Å². The van der Waals surface area contributed by atoms with Crippen molar-refractivity contribution in [2.45, 2.75) is 59.8 Å². The number of aromatic nitrogens is 3. The summed E-state index contributed by atoms with van der Waals surface area (Å²) in [7, 11) is 2.18. The first-order chi connectivity index (χ1) is 19.0. The molecule has 1 aliphatic heterocycles. The fourth-order valence-electron chi connectivity index (χ4n) is 4.64. The molecule has 3 heterocycles. The Hall–Kier alpha value is -3.91. The molecule has 1 atom stereocenters. The van der Waals surface area contributed by atoms with Crippen molar-refractivity contribution in [2.75, 3.05) is 30.8 Å². The van der Waals surface area contributed by atoms with Crippen LogP contribution in [0, 0.1) is 12.8 Å². The highest BCUT2D eigenvalue weighted by Gasteiger charge is 2.20. The van der Waals surface area contributed by atoms with Crippen LogP contribution < -0.4 is 15.4 Å². The lowest BCUT2D eigenvalue weighted by Gasteiger charge is -2.13. The lowest BCUT2D eigenvalue weighted by Crippen LogP contribution is -2.12. The Morgan fingerprint density at radius 2 is 1.95 bits per heavy atom. The van der Waals surface area contributed by atoms with Crippen molar-refractivity contribution in [3.8, 4) is 11.6 Å². The van der Waals surface area contributed by atoms with Crippen LogP contribution in [0.2, 0.25) is 0 Å². The van der Waals surface area contributed by atoms with Crippen molar-refractivity contribution in [1.82, 2.24) is 20.0 Å². The molecule has 212 valence electrons. The van der Waals surface area contributed by atoms with Gasteiger partial charge in [-0.05, 0) is 74.7 Å². The maximum absolute atomic E-state index is 6.14. The highest BCUT2D eigenvalue weighted by Crippen LogP contribution is 2.30. The van der Waals surface area contributed by atoms with Gasteiger partial charge >= 0.3 is 0 Å². The van der Waals surface area contributed by atoms with E-state index >= 15 is 0 Å². The molecule has 0 aliphatic carbocycles. The molecule has 2 aromatic heterocycles. The summed E-state index contributed by atoms with van der Waals surface area (Å²) < 4.78 is 11.6. The van der Waals surface area contributed by atoms with Crippen LogP contribution in [0.1, 0.15) is 57.9 Å². The summed E-state index contributed by atoms with van der Waals surface area (Å²) in [6, 6.07) is 13.7. The number of ether oxygens (including phenoxy) is 1. The Kier molecular flexibility index (Phi) is 9.10. The Labute approximate surface area is 237 Å². The van der Waals surface area contributed by atoms with Crippen molar-refractivity contribution in [3.05, 3.63) is 78.1 Å². The van der Waals surface area contributed by atoms with E-state index in [0.717, 1.165) is 34.7 Å². The monoisotopic (exact) mass is 542 g/mol. The summed E-state index contributed by atoms with van der Waals surface area (Å²) >= 11 is 0. The molecule has 0 unspecified atom stereocenters. The predicted octanol–water partition coefficient (Wildman–Crippen LogP) is 7.53. The topological polar surface area (TPSA) is 88.3 Å². The molecule has 0 saturated carbocycles. The number of hydrogen-bond acceptors (Lipinski definition) is 8. The van der Waals surface area contributed by atoms with Gasteiger partial charge in [0.1, 0.15) is 23.7 Å². The van der Waals surface area contributed by atoms with Crippen LogP contribution in [0.5, 0.6) is 11.6 Å². The van der Waals surface area contributed by atoms with Crippen molar-refractivity contribution in [2.24, 2.45) is 5.92 Å². The van der Waals surface area contributed by atoms with Crippen LogP contribution in [-0.2, 0) is 11.8 Å². The largest absolute Gasteiger partial charge is 0.438 e. The number of likely N-dealkylation sites (tertiary alicyclic amines) is 1. The van der Waals surface area contributed by atoms with Crippen LogP contribution in [0.25, 0.3) is 10.9 Å². The first-order valence-electron chi connectivity index (χ1n) is 13.9. The molecular weight excluding hydrogens is 500 g/mol. The average molecular weight is 543 g/mol. The van der Waals surface area contributed by atoms with Gasteiger partial charge in [0.25, 0.3) is 0 Å². The number of benzene rings is 2. The summed E-state index contributed by atoms with van der Waals surface area (Å²) in [6.07, 6.45) is 3.87. The molecule has 4 aromatic rings. The van der Waals surface area contributed by atoms with Crippen LogP contribution in [-0.4, -0.2) is 40.2 Å². The molecule has 2 aromatic carbocycles. The fraction of sp³-hybridized carbons (Fsp3) is 0.406. The molecular formula is C32H42N6O2. The zero-order valence-electron chi connectivity index (χ0n) is 24.8. The maximum Gasteiger partial charge on any atom is 0.230 e. The molecule has 1 aliphatic rings. The molecule has 0 bridgehead atoms. The van der Waals surface area contributed by atoms with Gasteiger partial charge in [-0.3, -0.25) is 0 Å². The second-order valence-corrected chi connectivity index (χ2v) is 11.7. The fourth-order valence-corrected chi connectivity index (χ4v) is 4.64. The second-order valence-electron chi connectivity index (χ2n) is 11.7. The van der Waals surface area contributed by atoms with Gasteiger partial charge in [-0.1, -0.05) is 52.4 Å². The minimum atomic E-state index is -0.116. The first kappa shape index (κ1) is 29.1. The molecule has 8 nitrogen and oxygen atoms in total. The number of rotatable bonds is 7. The first-order valence-corrected chi connectivity index (χ1v) is 13.9. The number of nitrogens with zero attached hydrogens (tertiary/aromatic N) is 4. The average Bonchev–Trinajstić information content (AvgIpc) is 3.52. The van der Waals surface area contributed by atoms with Crippen LogP contribution in [0.15, 0.2) is 65.7 Å². The van der Waals surface area contributed by atoms with E-state index in [0.29, 0.717) is 23.3 Å². The van der Waals surface area contributed by atoms with Gasteiger partial charge in [0.15, 0.2) is 5.82 Å². The minimum Gasteiger partial charge on any atom is -0.438 e. The van der Waals surface area contributed by atoms with Gasteiger partial charge in [-0.2, -0.15) is 0 Å². The summed E-state index contributed by atoms with van der Waals surface area (Å²) in [5.41, 5.74) is 4.03. The van der Waals surface area contributed by atoms with Gasteiger partial charge < -0.3 is 24.8 Å². The van der Waals surface area contributed by atoms with E-state index in [-0.39, 0.29) is 5.41 Å². The number of anilines is 2. The molecule has 1 fully saturated rings. The third kappa shape index (κ3) is 7.60. The van der Waals surface area contributed by atoms with Crippen molar-refractivity contribution < 1.29 is 9.26 Å².